The predicted molar refractivity (Wildman–Crippen MR) is 200 cm³/mol. The molecule has 4 rings (SSSR count). The zero-order valence-electron chi connectivity index (χ0n) is 31.3. The van der Waals surface area contributed by atoms with E-state index in [-0.39, 0.29) is 36.5 Å². The summed E-state index contributed by atoms with van der Waals surface area (Å²) < 4.78 is 72.1. The van der Waals surface area contributed by atoms with Gasteiger partial charge >= 0.3 is 0 Å². The Kier molecular flexibility index (Phi) is 20.6. The first kappa shape index (κ1) is 45.8. The van der Waals surface area contributed by atoms with Crippen molar-refractivity contribution in [1.82, 2.24) is 0 Å². The van der Waals surface area contributed by atoms with Crippen LogP contribution < -0.4 is 18.9 Å². The second-order valence-electron chi connectivity index (χ2n) is 12.6. The summed E-state index contributed by atoms with van der Waals surface area (Å²) in [5.41, 5.74) is 3.84. The highest BCUT2D eigenvalue weighted by Crippen LogP contribution is 2.30. The van der Waals surface area contributed by atoms with E-state index in [9.17, 15) is 17.6 Å². The molecule has 0 fully saturated rings. The van der Waals surface area contributed by atoms with E-state index < -0.39 is 11.6 Å². The van der Waals surface area contributed by atoms with Crippen molar-refractivity contribution < 1.29 is 36.5 Å². The minimum Gasteiger partial charge on any atom is -0.497 e. The van der Waals surface area contributed by atoms with Crippen LogP contribution in [0.5, 0.6) is 23.0 Å². The van der Waals surface area contributed by atoms with Crippen LogP contribution in [-0.2, 0) is 0 Å². The highest BCUT2D eigenvalue weighted by atomic mass is 19.1. The number of hydrogen-bond donors (Lipinski definition) is 0. The van der Waals surface area contributed by atoms with Gasteiger partial charge in [-0.05, 0) is 89.2 Å². The maximum absolute atomic E-state index is 13.2. The van der Waals surface area contributed by atoms with E-state index in [0.717, 1.165) is 22.6 Å². The van der Waals surface area contributed by atoms with Crippen LogP contribution in [0.2, 0.25) is 0 Å². The summed E-state index contributed by atoms with van der Waals surface area (Å²) in [6.45, 7) is 17.6. The predicted octanol–water partition coefficient (Wildman–Crippen LogP) is 12.8. The van der Waals surface area contributed by atoms with Crippen LogP contribution in [0.15, 0.2) is 66.7 Å². The molecule has 0 atom stereocenters. The van der Waals surface area contributed by atoms with Crippen molar-refractivity contribution in [2.24, 2.45) is 0 Å². The van der Waals surface area contributed by atoms with Crippen LogP contribution in [0.4, 0.5) is 17.6 Å². The second-order valence-corrected chi connectivity index (χ2v) is 12.6. The molecule has 4 aromatic carbocycles. The van der Waals surface area contributed by atoms with E-state index in [2.05, 4.69) is 33.8 Å². The summed E-state index contributed by atoms with van der Waals surface area (Å²) in [6, 6.07) is 18.4. The fourth-order valence-corrected chi connectivity index (χ4v) is 4.48. The third-order valence-electron chi connectivity index (χ3n) is 7.69. The molecule has 0 aliphatic rings. The molecule has 0 saturated heterocycles. The minimum absolute atomic E-state index is 0. The maximum Gasteiger partial charge on any atom is 0.160 e. The highest BCUT2D eigenvalue weighted by molar-refractivity contribution is 5.43. The quantitative estimate of drug-likeness (QED) is 0.171. The standard InChI is InChI=1S/C11H16O2.C10H12F2.2C10H13FO.CH4/c1-8(2)9-5-6-10(12-3)11(7-9)13-4;1-6(2)8-4-9(11)7(3)10(12)5-8;1-7(2)9-5-4-8(12-3)6-10(9)11;1-7(2)9-5-4-8(11)6-10(9)12-3;/h5-8H,1-4H3;4-6H,1-3H3;2*4-7H,1-3H3;1H4. The van der Waals surface area contributed by atoms with E-state index in [1.807, 2.05) is 39.8 Å². The average Bonchev–Trinajstić information content (AvgIpc) is 3.06. The molecule has 0 heterocycles. The van der Waals surface area contributed by atoms with Crippen LogP contribution in [-0.4, -0.2) is 28.4 Å². The van der Waals surface area contributed by atoms with Crippen molar-refractivity contribution in [2.45, 2.75) is 93.4 Å². The Morgan fingerprint density at radius 2 is 0.940 bits per heavy atom. The first-order chi connectivity index (χ1) is 23.0. The van der Waals surface area contributed by atoms with Crippen LogP contribution in [0.1, 0.15) is 114 Å². The minimum atomic E-state index is -0.460. The second kappa shape index (κ2) is 22.5. The largest absolute Gasteiger partial charge is 0.497 e. The number of methoxy groups -OCH3 is 4. The molecule has 278 valence electrons. The molecule has 0 aromatic heterocycles. The van der Waals surface area contributed by atoms with Gasteiger partial charge in [-0.15, -0.1) is 0 Å². The molecule has 50 heavy (non-hydrogen) atoms. The highest BCUT2D eigenvalue weighted by Gasteiger charge is 2.10. The smallest absolute Gasteiger partial charge is 0.160 e. The number of rotatable bonds is 8. The Morgan fingerprint density at radius 1 is 0.440 bits per heavy atom. The summed E-state index contributed by atoms with van der Waals surface area (Å²) in [5.74, 6) is 2.67. The van der Waals surface area contributed by atoms with Gasteiger partial charge in [-0.25, -0.2) is 17.6 Å². The lowest BCUT2D eigenvalue weighted by molar-refractivity contribution is 0.354. The Balaban J connectivity index is 0.000000636. The van der Waals surface area contributed by atoms with Crippen LogP contribution in [0, 0.1) is 30.2 Å². The zero-order chi connectivity index (χ0) is 37.4. The molecule has 0 saturated carbocycles. The van der Waals surface area contributed by atoms with Crippen LogP contribution in [0.25, 0.3) is 0 Å². The van der Waals surface area contributed by atoms with Gasteiger partial charge in [-0.2, -0.15) is 0 Å². The van der Waals surface area contributed by atoms with E-state index in [1.165, 1.54) is 49.9 Å². The number of hydrogen-bond acceptors (Lipinski definition) is 4. The first-order valence-electron chi connectivity index (χ1n) is 16.3. The Labute approximate surface area is 298 Å². The van der Waals surface area contributed by atoms with Crippen molar-refractivity contribution in [1.29, 1.82) is 0 Å². The fourth-order valence-electron chi connectivity index (χ4n) is 4.48. The molecule has 0 radical (unpaired) electrons. The number of benzene rings is 4. The molecule has 8 heteroatoms. The first-order valence-corrected chi connectivity index (χ1v) is 16.3. The molecule has 0 amide bonds. The molecule has 0 aliphatic heterocycles. The lowest BCUT2D eigenvalue weighted by Crippen LogP contribution is -1.94. The van der Waals surface area contributed by atoms with Crippen molar-refractivity contribution in [3.05, 3.63) is 118 Å². The van der Waals surface area contributed by atoms with Gasteiger partial charge < -0.3 is 18.9 Å². The van der Waals surface area contributed by atoms with E-state index in [1.54, 1.807) is 39.5 Å². The van der Waals surface area contributed by atoms with Gasteiger partial charge in [0.15, 0.2) is 11.5 Å². The van der Waals surface area contributed by atoms with Gasteiger partial charge in [0.1, 0.15) is 34.8 Å². The third kappa shape index (κ3) is 14.3. The Morgan fingerprint density at radius 3 is 1.36 bits per heavy atom. The lowest BCUT2D eigenvalue weighted by atomic mass is 10.0. The molecular weight excluding hydrogens is 644 g/mol. The topological polar surface area (TPSA) is 36.9 Å². The van der Waals surface area contributed by atoms with Gasteiger partial charge in [0, 0.05) is 17.7 Å². The van der Waals surface area contributed by atoms with E-state index >= 15 is 0 Å². The molecule has 0 aliphatic carbocycles. The Hall–Kier alpha value is -4.20. The normalized spacial score (nSPS) is 10.3. The summed E-state index contributed by atoms with van der Waals surface area (Å²) >= 11 is 0. The van der Waals surface area contributed by atoms with Crippen LogP contribution >= 0.6 is 0 Å². The van der Waals surface area contributed by atoms with Crippen molar-refractivity contribution in [3.63, 3.8) is 0 Å². The molecule has 4 nitrogen and oxygen atoms in total. The molecule has 4 aromatic rings. The van der Waals surface area contributed by atoms with Gasteiger partial charge in [0.2, 0.25) is 0 Å². The molecule has 0 unspecified atom stereocenters. The van der Waals surface area contributed by atoms with Gasteiger partial charge in [-0.1, -0.05) is 81.0 Å². The van der Waals surface area contributed by atoms with Gasteiger partial charge in [0.25, 0.3) is 0 Å². The SMILES string of the molecule is C.COc1cc(F)ccc1C(C)C.COc1ccc(C(C)C)c(F)c1.COc1ccc(C(C)C)cc1OC.Cc1c(F)cc(C(C)C)cc1F. The third-order valence-corrected chi connectivity index (χ3v) is 7.69. The van der Waals surface area contributed by atoms with Crippen molar-refractivity contribution in [3.8, 4) is 23.0 Å². The summed E-state index contributed by atoms with van der Waals surface area (Å²) in [7, 11) is 6.39. The molecular formula is C42H58F4O4. The number of halogens is 4. The lowest BCUT2D eigenvalue weighted by Gasteiger charge is -2.11. The summed E-state index contributed by atoms with van der Waals surface area (Å²) in [4.78, 5) is 0. The average molecular weight is 703 g/mol. The fraction of sp³-hybridized carbons (Fsp3) is 0.429. The molecule has 0 N–H and O–H groups in total. The van der Waals surface area contributed by atoms with E-state index in [0.29, 0.717) is 28.9 Å². The monoisotopic (exact) mass is 702 g/mol. The zero-order valence-corrected chi connectivity index (χ0v) is 31.3. The van der Waals surface area contributed by atoms with Gasteiger partial charge in [-0.3, -0.25) is 0 Å². The Bertz CT molecular complexity index is 1560. The van der Waals surface area contributed by atoms with E-state index in [4.69, 9.17) is 18.9 Å². The summed E-state index contributed by atoms with van der Waals surface area (Å²) in [6.07, 6.45) is 0. The number of ether oxygens (including phenoxy) is 4. The molecule has 0 spiro atoms. The summed E-state index contributed by atoms with van der Waals surface area (Å²) in [5, 5.41) is 0. The van der Waals surface area contributed by atoms with Crippen LogP contribution in [0.3, 0.4) is 0 Å². The maximum atomic E-state index is 13.2. The molecule has 0 bridgehead atoms. The van der Waals surface area contributed by atoms with Crippen molar-refractivity contribution in [2.75, 3.05) is 28.4 Å². The van der Waals surface area contributed by atoms with Crippen molar-refractivity contribution >= 4 is 0 Å². The van der Waals surface area contributed by atoms with Gasteiger partial charge in [0.05, 0.1) is 28.4 Å².